The number of aromatic nitrogens is 4. The van der Waals surface area contributed by atoms with Crippen LogP contribution in [0.2, 0.25) is 10.0 Å². The molecule has 700 valence electrons. The third-order valence-corrected chi connectivity index (χ3v) is 29.9. The highest BCUT2D eigenvalue weighted by molar-refractivity contribution is 9.10. The highest BCUT2D eigenvalue weighted by atomic mass is 79.9. The zero-order valence-corrected chi connectivity index (χ0v) is 78.9. The second-order valence-electron chi connectivity index (χ2n) is 35.5. The summed E-state index contributed by atoms with van der Waals surface area (Å²) in [6, 6.07) is 65.9. The molecule has 12 aromatic rings. The summed E-state index contributed by atoms with van der Waals surface area (Å²) in [6.45, 7) is 27.0. The standard InChI is InChI=1S/C30H28ClF3N4OS.C20H17F3N2S.C20H21F3N2S.C13H14N2.C10H9ClN2O2.C7H4BrF3S/c1-2-25-27(38-16-22(31)7-12-26(38)36-25)28(39)35-15-19-3-5-20(6-4-19)21-13-29(14-21)17-37(18-29)23-8-10-24(11-9-23)40-30(32,33)34;1-24-16-4-2-14(3-5-16)15-10-19(11-15)12-25(13-19)17-6-8-18(9-7-17)26-20(21,22)23;21-20(22,23)26-18-7-5-17(6-8-18)25-12-19(13-25)9-16(10-19)15-3-1-14(11-24)2-4-15;1-14-12-4-2-10(3-5-12)11-6-13(7-11)8-15-9-13;1-2-7-9(10(14)15)13-5-6(11)3-4-8(13)12-7;8-5-1-3-6(4-2-5)12-7(9,10)11/h3-12,16,21H,2,13-15,17-18H2,1H3,(H,35,39);2-9,15H,10-13H2;1-8,16H,9-13,24H2;2-5,11,15H,6-9H2;3-5H,2H2,1H3,(H,14,15);1-4H. The smallest absolute Gasteiger partial charge is 0.446 e. The normalized spacial score (nSPS) is 18.4. The van der Waals surface area contributed by atoms with Gasteiger partial charge in [-0.25, -0.2) is 24.5 Å². The van der Waals surface area contributed by atoms with E-state index in [1.807, 2.05) is 38.1 Å². The third-order valence-electron chi connectivity index (χ3n) is 25.9. The maximum atomic E-state index is 13.1. The maximum Gasteiger partial charge on any atom is 0.446 e. The van der Waals surface area contributed by atoms with E-state index in [0.717, 1.165) is 115 Å². The lowest BCUT2D eigenvalue weighted by Crippen LogP contribution is -2.61. The van der Waals surface area contributed by atoms with Crippen molar-refractivity contribution in [2.24, 2.45) is 27.4 Å². The van der Waals surface area contributed by atoms with E-state index in [9.17, 15) is 62.3 Å². The van der Waals surface area contributed by atoms with Crippen molar-refractivity contribution in [3.05, 3.63) is 324 Å². The Labute approximate surface area is 803 Å². The number of nitrogens with zero attached hydrogens (tertiary/aromatic N) is 9. The molecule has 0 bridgehead atoms. The number of pyridine rings is 2. The first-order chi connectivity index (χ1) is 63.7. The maximum absolute atomic E-state index is 13.1. The van der Waals surface area contributed by atoms with Crippen LogP contribution in [0, 0.1) is 34.8 Å². The molecule has 134 heavy (non-hydrogen) atoms. The van der Waals surface area contributed by atoms with Gasteiger partial charge in [-0.05, 0) is 295 Å². The second-order valence-corrected chi connectivity index (χ2v) is 41.8. The molecule has 0 radical (unpaired) electrons. The number of thioether (sulfide) groups is 4. The number of halogens is 15. The Kier molecular flexibility index (Phi) is 30.2. The number of aromatic carboxylic acids is 1. The van der Waals surface area contributed by atoms with Crippen molar-refractivity contribution < 1.29 is 67.4 Å². The predicted octanol–water partition coefficient (Wildman–Crippen LogP) is 27.9. The number of hydrogen-bond donors (Lipinski definition) is 4. The molecule has 8 fully saturated rings. The molecule has 0 unspecified atom stereocenters. The Bertz CT molecular complexity index is 6170. The van der Waals surface area contributed by atoms with Gasteiger partial charge in [-0.2, -0.15) is 52.7 Å². The Morgan fingerprint density at radius 1 is 0.448 bits per heavy atom. The van der Waals surface area contributed by atoms with Crippen molar-refractivity contribution in [3.63, 3.8) is 0 Å². The molecule has 8 aliphatic rings. The molecular formula is C100H93BrCl2F12N12O3S4. The molecule has 8 heterocycles. The van der Waals surface area contributed by atoms with Gasteiger partial charge in [0.2, 0.25) is 0 Å². The molecule has 34 heteroatoms. The zero-order chi connectivity index (χ0) is 95.3. The van der Waals surface area contributed by atoms with Gasteiger partial charge in [-0.3, -0.25) is 13.6 Å². The molecular weight excluding hydrogens is 1920 g/mol. The monoisotopic (exact) mass is 2010 g/mol. The minimum atomic E-state index is -4.26. The van der Waals surface area contributed by atoms with Crippen LogP contribution in [-0.4, -0.2) is 110 Å². The fraction of sp³-hybridized carbons (Fsp3) is 0.340. The Balaban J connectivity index is 0.000000129. The first kappa shape index (κ1) is 98.5. The minimum absolute atomic E-state index is 0.0636. The number of nitrogens with one attached hydrogen (secondary N) is 2. The molecule has 4 spiro atoms. The molecule has 0 atom stereocenters. The molecule has 20 rings (SSSR count). The number of aryl methyl sites for hydroxylation is 2. The van der Waals surface area contributed by atoms with Crippen LogP contribution in [0.15, 0.2) is 255 Å². The first-order valence-electron chi connectivity index (χ1n) is 43.5. The molecule has 15 nitrogen and oxygen atoms in total. The van der Waals surface area contributed by atoms with Crippen LogP contribution in [0.4, 0.5) is 81.1 Å². The summed E-state index contributed by atoms with van der Waals surface area (Å²) in [5.41, 5.74) is 5.69. The van der Waals surface area contributed by atoms with Crippen LogP contribution in [0.5, 0.6) is 0 Å². The van der Waals surface area contributed by atoms with E-state index in [4.69, 9.17) is 47.2 Å². The van der Waals surface area contributed by atoms with Gasteiger partial charge in [-0.15, -0.1) is 0 Å². The number of carbonyl (C=O) groups excluding carboxylic acids is 1. The van der Waals surface area contributed by atoms with E-state index < -0.39 is 28.0 Å². The van der Waals surface area contributed by atoms with Crippen molar-refractivity contribution >= 4 is 138 Å². The highest BCUT2D eigenvalue weighted by Crippen LogP contribution is 2.61. The van der Waals surface area contributed by atoms with E-state index in [1.54, 1.807) is 126 Å². The number of alkyl halides is 12. The van der Waals surface area contributed by atoms with Crippen LogP contribution < -0.4 is 31.1 Å². The van der Waals surface area contributed by atoms with Crippen molar-refractivity contribution in [1.29, 1.82) is 0 Å². The van der Waals surface area contributed by atoms with Crippen LogP contribution in [-0.2, 0) is 25.9 Å². The summed E-state index contributed by atoms with van der Waals surface area (Å²) in [5, 5.41) is 16.5. The number of carbonyl (C=O) groups is 2. The molecule has 5 N–H and O–H groups in total. The Morgan fingerprint density at radius 2 is 0.746 bits per heavy atom. The van der Waals surface area contributed by atoms with Crippen LogP contribution in [0.1, 0.15) is 155 Å². The molecule has 4 aromatic heterocycles. The number of anilines is 3. The molecule has 4 aliphatic carbocycles. The SMILES string of the molecule is CCc1nc2ccc(Cl)cn2c1C(=O)NCc1ccc(C2CC3(C2)CN(c2ccc(SC(F)(F)F)cc2)C3)cc1.CCc1nc2ccc(Cl)cn2c1C(=O)O.FC(F)(F)Sc1ccc(Br)cc1.NCc1ccc(C2CC3(C2)CN(c2ccc(SC(F)(F)F)cc2)C3)cc1.[C-]#[N+]c1ccc(C2CC3(C2)CN(c2ccc(SC(F)(F)F)cc2)C3)cc1.[C-]#[N+]c1ccc(C2CC3(CNC3)C2)cc1. The lowest BCUT2D eigenvalue weighted by Gasteiger charge is -2.60. The average molecular weight is 2020 g/mol. The number of fused-ring (bicyclic) bond motifs is 2. The number of nitrogens with two attached hydrogens (primary N) is 1. The summed E-state index contributed by atoms with van der Waals surface area (Å²) in [6.07, 6.45) is 14.0. The van der Waals surface area contributed by atoms with Gasteiger partial charge in [-0.1, -0.05) is 150 Å². The molecule has 8 aromatic carbocycles. The Morgan fingerprint density at radius 3 is 1.04 bits per heavy atom. The molecule has 4 aliphatic heterocycles. The lowest BCUT2D eigenvalue weighted by atomic mass is 9.56. The largest absolute Gasteiger partial charge is 0.477 e. The predicted molar refractivity (Wildman–Crippen MR) is 512 cm³/mol. The van der Waals surface area contributed by atoms with Gasteiger partial charge in [0.25, 0.3) is 5.91 Å². The fourth-order valence-electron chi connectivity index (χ4n) is 19.3. The topological polar surface area (TPSA) is 157 Å². The van der Waals surface area contributed by atoms with Gasteiger partial charge in [0.1, 0.15) is 17.0 Å². The molecule has 4 saturated heterocycles. The van der Waals surface area contributed by atoms with Crippen molar-refractivity contribution in [2.45, 2.75) is 156 Å². The number of imidazole rings is 2. The Hall–Kier alpha value is -10.0. The van der Waals surface area contributed by atoms with E-state index >= 15 is 0 Å². The van der Waals surface area contributed by atoms with E-state index in [1.165, 1.54) is 77.6 Å². The summed E-state index contributed by atoms with van der Waals surface area (Å²) >= 11 is 14.8. The second kappa shape index (κ2) is 41.1. The van der Waals surface area contributed by atoms with Crippen molar-refractivity contribution in [2.75, 3.05) is 67.1 Å². The summed E-state index contributed by atoms with van der Waals surface area (Å²) < 4.78 is 151. The van der Waals surface area contributed by atoms with Gasteiger partial charge in [0.15, 0.2) is 17.1 Å². The minimum Gasteiger partial charge on any atom is -0.477 e. The van der Waals surface area contributed by atoms with Crippen LogP contribution >= 0.6 is 86.2 Å². The molecule has 1 amide bonds. The number of rotatable bonds is 18. The van der Waals surface area contributed by atoms with Gasteiger partial charge in [0, 0.05) is 135 Å². The van der Waals surface area contributed by atoms with E-state index in [-0.39, 0.29) is 78.2 Å². The van der Waals surface area contributed by atoms with E-state index in [2.05, 4.69) is 134 Å². The van der Waals surface area contributed by atoms with Crippen LogP contribution in [0.3, 0.4) is 0 Å². The van der Waals surface area contributed by atoms with E-state index in [0.29, 0.717) is 104 Å². The third kappa shape index (κ3) is 24.7. The zero-order valence-electron chi connectivity index (χ0n) is 72.6. The van der Waals surface area contributed by atoms with Gasteiger partial charge < -0.3 is 36.2 Å². The number of benzene rings is 8. The van der Waals surface area contributed by atoms with Gasteiger partial charge in [0.05, 0.1) is 34.6 Å². The first-order valence-corrected chi connectivity index (χ1v) is 48.3. The van der Waals surface area contributed by atoms with Crippen molar-refractivity contribution in [3.8, 4) is 0 Å². The fourth-order valence-corrected chi connectivity index (χ4v) is 22.1. The highest BCUT2D eigenvalue weighted by Gasteiger charge is 2.55. The number of carboxylic acids is 1. The summed E-state index contributed by atoms with van der Waals surface area (Å²) in [5.74, 6) is 1.26. The number of hydrogen-bond acceptors (Lipinski definition) is 13. The van der Waals surface area contributed by atoms with Crippen LogP contribution in [0.25, 0.3) is 21.0 Å². The quantitative estimate of drug-likeness (QED) is 0.0365. The number of amides is 1. The number of carboxylic acid groups (broad SMARTS) is 1. The summed E-state index contributed by atoms with van der Waals surface area (Å²) in [4.78, 5) is 47.3. The lowest BCUT2D eigenvalue weighted by molar-refractivity contribution is -0.0337. The summed E-state index contributed by atoms with van der Waals surface area (Å²) in [7, 11) is 0. The average Bonchev–Trinajstić information content (AvgIpc) is 1.12. The van der Waals surface area contributed by atoms with Gasteiger partial charge >= 0.3 is 28.0 Å². The molecule has 4 saturated carbocycles. The van der Waals surface area contributed by atoms with Crippen molar-refractivity contribution in [1.82, 2.24) is 29.4 Å².